The van der Waals surface area contributed by atoms with Gasteiger partial charge in [0.1, 0.15) is 0 Å². The van der Waals surface area contributed by atoms with Gasteiger partial charge in [-0.3, -0.25) is 0 Å². The molecule has 6 heteroatoms. The second kappa shape index (κ2) is 10.6. The lowest BCUT2D eigenvalue weighted by Crippen LogP contribution is -2.04. The molecule has 5 nitrogen and oxygen atoms in total. The van der Waals surface area contributed by atoms with Gasteiger partial charge in [0.2, 0.25) is 0 Å². The number of rotatable bonds is 9. The number of hydrogen-bond acceptors (Lipinski definition) is 6. The first-order valence-electron chi connectivity index (χ1n) is 11.2. The third-order valence-electron chi connectivity index (χ3n) is 5.84. The molecular formula is C29H26O5S. The summed E-state index contributed by atoms with van der Waals surface area (Å²) in [6.45, 7) is 9.36. The number of ether oxygens (including phenoxy) is 3. The zero-order valence-electron chi connectivity index (χ0n) is 19.8. The molecule has 0 atom stereocenters. The van der Waals surface area contributed by atoms with Gasteiger partial charge in [0.25, 0.3) is 0 Å². The summed E-state index contributed by atoms with van der Waals surface area (Å²) < 4.78 is 18.1. The van der Waals surface area contributed by atoms with Gasteiger partial charge in [0.05, 0.1) is 18.4 Å². The second-order valence-electron chi connectivity index (χ2n) is 7.99. The van der Waals surface area contributed by atoms with E-state index in [1.54, 1.807) is 24.5 Å². The molecule has 3 aromatic carbocycles. The van der Waals surface area contributed by atoms with E-state index in [-0.39, 0.29) is 5.97 Å². The minimum atomic E-state index is -0.525. The molecule has 0 radical (unpaired) electrons. The van der Waals surface area contributed by atoms with Crippen LogP contribution in [0.15, 0.2) is 73.8 Å². The molecule has 0 N–H and O–H groups in total. The van der Waals surface area contributed by atoms with Gasteiger partial charge in [-0.25, -0.2) is 9.59 Å². The number of methoxy groups -OCH3 is 1. The van der Waals surface area contributed by atoms with Gasteiger partial charge in [-0.2, -0.15) is 0 Å². The molecule has 0 bridgehead atoms. The largest absolute Gasteiger partial charge is 0.491 e. The van der Waals surface area contributed by atoms with Crippen molar-refractivity contribution in [2.75, 3.05) is 13.7 Å². The number of hydrogen-bond donors (Lipinski definition) is 0. The number of carbonyl (C=O) groups excluding carboxylic acids is 2. The van der Waals surface area contributed by atoms with E-state index in [0.717, 1.165) is 50.2 Å². The summed E-state index contributed by atoms with van der Waals surface area (Å²) in [5, 5.41) is 2.19. The third kappa shape index (κ3) is 4.98. The fourth-order valence-electron chi connectivity index (χ4n) is 4.09. The summed E-state index contributed by atoms with van der Waals surface area (Å²) >= 11 is 1.63. The zero-order valence-corrected chi connectivity index (χ0v) is 20.6. The van der Waals surface area contributed by atoms with Crippen LogP contribution in [-0.2, 0) is 20.7 Å². The Morgan fingerprint density at radius 1 is 0.914 bits per heavy atom. The summed E-state index contributed by atoms with van der Waals surface area (Å²) in [5.74, 6) is 0.00896. The molecular weight excluding hydrogens is 460 g/mol. The van der Waals surface area contributed by atoms with E-state index >= 15 is 0 Å². The molecule has 0 unspecified atom stereocenters. The molecule has 0 fully saturated rings. The van der Waals surface area contributed by atoms with Crippen molar-refractivity contribution < 1.29 is 23.8 Å². The Hall–Kier alpha value is -3.90. The Labute approximate surface area is 208 Å². The van der Waals surface area contributed by atoms with Gasteiger partial charge in [0.15, 0.2) is 11.5 Å². The van der Waals surface area contributed by atoms with Gasteiger partial charge in [-0.1, -0.05) is 49.6 Å². The average molecular weight is 487 g/mol. The fraction of sp³-hybridized carbons (Fsp3) is 0.172. The van der Waals surface area contributed by atoms with Crippen LogP contribution in [0, 0.1) is 6.92 Å². The molecule has 1 heterocycles. The maximum Gasteiger partial charge on any atom is 0.335 e. The van der Waals surface area contributed by atoms with Crippen LogP contribution < -0.4 is 9.47 Å². The van der Waals surface area contributed by atoms with E-state index in [1.165, 1.54) is 17.2 Å². The van der Waals surface area contributed by atoms with Crippen LogP contribution in [0.4, 0.5) is 0 Å². The predicted octanol–water partition coefficient (Wildman–Crippen LogP) is 6.79. The standard InChI is InChI=1S/C29H26O5S/c1-5-25(30)33-17-7-8-19-9-11-20(12-10-19)21-13-14-22-23-15-16-24(34-26(31)6-2)27(32-4)29(23)35-28(22)18(21)3/h5-6,9-16H,1-2,7-8,17H2,3-4H3. The highest BCUT2D eigenvalue weighted by molar-refractivity contribution is 7.26. The molecule has 178 valence electrons. The van der Waals surface area contributed by atoms with Crippen molar-refractivity contribution in [3.8, 4) is 22.6 Å². The molecule has 0 aliphatic rings. The Bertz CT molecular complexity index is 1430. The number of benzene rings is 3. The quantitative estimate of drug-likeness (QED) is 0.113. The number of esters is 2. The van der Waals surface area contributed by atoms with Crippen LogP contribution in [0.5, 0.6) is 11.5 Å². The van der Waals surface area contributed by atoms with E-state index in [2.05, 4.69) is 56.5 Å². The first-order chi connectivity index (χ1) is 17.0. The molecule has 35 heavy (non-hydrogen) atoms. The predicted molar refractivity (Wildman–Crippen MR) is 141 cm³/mol. The Morgan fingerprint density at radius 3 is 2.29 bits per heavy atom. The highest BCUT2D eigenvalue weighted by Gasteiger charge is 2.18. The van der Waals surface area contributed by atoms with Crippen molar-refractivity contribution in [3.05, 3.63) is 85.0 Å². The van der Waals surface area contributed by atoms with Crippen LogP contribution in [0.1, 0.15) is 17.5 Å². The highest BCUT2D eigenvalue weighted by Crippen LogP contribution is 2.46. The van der Waals surface area contributed by atoms with E-state index in [0.29, 0.717) is 18.1 Å². The lowest BCUT2D eigenvalue weighted by Gasteiger charge is -2.09. The Kier molecular flexibility index (Phi) is 7.32. The normalized spacial score (nSPS) is 10.8. The average Bonchev–Trinajstić information content (AvgIpc) is 3.26. The minimum Gasteiger partial charge on any atom is -0.491 e. The van der Waals surface area contributed by atoms with Gasteiger partial charge in [-0.05, 0) is 54.2 Å². The molecule has 4 rings (SSSR count). The van der Waals surface area contributed by atoms with Crippen LogP contribution >= 0.6 is 11.3 Å². The molecule has 0 aliphatic heterocycles. The maximum absolute atomic E-state index is 11.7. The van der Waals surface area contributed by atoms with E-state index in [1.807, 2.05) is 6.07 Å². The number of carbonyl (C=O) groups is 2. The van der Waals surface area contributed by atoms with Crippen LogP contribution in [0.2, 0.25) is 0 Å². The van der Waals surface area contributed by atoms with Crippen molar-refractivity contribution in [1.82, 2.24) is 0 Å². The number of fused-ring (bicyclic) bond motifs is 3. The van der Waals surface area contributed by atoms with Gasteiger partial charge >= 0.3 is 11.9 Å². The van der Waals surface area contributed by atoms with Crippen molar-refractivity contribution in [2.24, 2.45) is 0 Å². The van der Waals surface area contributed by atoms with Gasteiger partial charge < -0.3 is 14.2 Å². The lowest BCUT2D eigenvalue weighted by molar-refractivity contribution is -0.137. The lowest BCUT2D eigenvalue weighted by atomic mass is 9.97. The van der Waals surface area contributed by atoms with Gasteiger partial charge in [-0.15, -0.1) is 11.3 Å². The van der Waals surface area contributed by atoms with Crippen molar-refractivity contribution in [1.29, 1.82) is 0 Å². The topological polar surface area (TPSA) is 61.8 Å². The monoisotopic (exact) mass is 486 g/mol. The fourth-order valence-corrected chi connectivity index (χ4v) is 5.41. The van der Waals surface area contributed by atoms with Crippen molar-refractivity contribution in [3.63, 3.8) is 0 Å². The summed E-state index contributed by atoms with van der Waals surface area (Å²) in [7, 11) is 1.58. The first kappa shape index (κ1) is 24.2. The Balaban J connectivity index is 1.63. The maximum atomic E-state index is 11.7. The second-order valence-corrected chi connectivity index (χ2v) is 9.01. The molecule has 4 aromatic rings. The zero-order chi connectivity index (χ0) is 24.9. The molecule has 0 saturated heterocycles. The molecule has 1 aromatic heterocycles. The summed E-state index contributed by atoms with van der Waals surface area (Å²) in [4.78, 5) is 22.9. The van der Waals surface area contributed by atoms with Crippen LogP contribution in [0.25, 0.3) is 31.3 Å². The Morgan fingerprint density at radius 2 is 1.60 bits per heavy atom. The van der Waals surface area contributed by atoms with Gasteiger partial charge in [0, 0.05) is 27.6 Å². The first-order valence-corrected chi connectivity index (χ1v) is 12.0. The summed E-state index contributed by atoms with van der Waals surface area (Å²) in [5.41, 5.74) is 4.67. The molecule has 0 spiro atoms. The number of thiophene rings is 1. The minimum absolute atomic E-state index is 0.379. The number of aryl methyl sites for hydroxylation is 2. The van der Waals surface area contributed by atoms with Crippen molar-refractivity contribution >= 4 is 43.4 Å². The van der Waals surface area contributed by atoms with Crippen molar-refractivity contribution in [2.45, 2.75) is 19.8 Å². The highest BCUT2D eigenvalue weighted by atomic mass is 32.1. The third-order valence-corrected chi connectivity index (χ3v) is 7.18. The van der Waals surface area contributed by atoms with Crippen LogP contribution in [-0.4, -0.2) is 25.7 Å². The molecule has 0 saturated carbocycles. The SMILES string of the molecule is C=CC(=O)OCCCc1ccc(-c2ccc3c(sc4c(OC)c(OC(=O)C=C)ccc43)c2C)cc1. The summed E-state index contributed by atoms with van der Waals surface area (Å²) in [6, 6.07) is 16.5. The van der Waals surface area contributed by atoms with Crippen LogP contribution in [0.3, 0.4) is 0 Å². The van der Waals surface area contributed by atoms with E-state index in [9.17, 15) is 9.59 Å². The van der Waals surface area contributed by atoms with E-state index in [4.69, 9.17) is 14.2 Å². The van der Waals surface area contributed by atoms with E-state index < -0.39 is 5.97 Å². The molecule has 0 amide bonds. The molecule has 0 aliphatic carbocycles. The smallest absolute Gasteiger partial charge is 0.335 e. The summed E-state index contributed by atoms with van der Waals surface area (Å²) in [6.07, 6.45) is 3.90.